The predicted molar refractivity (Wildman–Crippen MR) is 105 cm³/mol. The molecule has 0 aliphatic rings. The summed E-state index contributed by atoms with van der Waals surface area (Å²) in [6.45, 7) is 2.42. The Bertz CT molecular complexity index is 1260. The van der Waals surface area contributed by atoms with E-state index in [4.69, 9.17) is 11.6 Å². The lowest BCUT2D eigenvalue weighted by molar-refractivity contribution is 0.689. The van der Waals surface area contributed by atoms with Crippen molar-refractivity contribution in [3.8, 4) is 22.5 Å². The normalized spacial score (nSPS) is 10.9. The van der Waals surface area contributed by atoms with Gasteiger partial charge in [0.15, 0.2) is 0 Å². The molecular formula is C19H15ClN6O2. The molecule has 0 unspecified atom stereocenters. The van der Waals surface area contributed by atoms with Crippen molar-refractivity contribution in [3.05, 3.63) is 85.9 Å². The topological polar surface area (TPSA) is 109 Å². The zero-order chi connectivity index (χ0) is 19.7. The maximum absolute atomic E-state index is 12.0. The third kappa shape index (κ3) is 3.63. The number of rotatable bonds is 4. The van der Waals surface area contributed by atoms with Crippen LogP contribution in [0.5, 0.6) is 0 Å². The first-order valence-electron chi connectivity index (χ1n) is 8.44. The highest BCUT2D eigenvalue weighted by Crippen LogP contribution is 2.23. The quantitative estimate of drug-likeness (QED) is 0.552. The highest BCUT2D eigenvalue weighted by molar-refractivity contribution is 6.30. The Morgan fingerprint density at radius 2 is 1.82 bits per heavy atom. The number of hydrogen-bond acceptors (Lipinski definition) is 5. The number of halogens is 1. The molecule has 8 nitrogen and oxygen atoms in total. The lowest BCUT2D eigenvalue weighted by Crippen LogP contribution is -2.22. The standard InChI is InChI=1S/C19H15ClN6O2/c1-11-14(8-17(24-23-11)15-9-21-19(28)22-18(15)27)16-6-7-26(25-16)10-12-2-4-13(20)5-3-12/h2-9H,10H2,1H3,(H2,21,22,27,28). The first kappa shape index (κ1) is 17.9. The summed E-state index contributed by atoms with van der Waals surface area (Å²) in [5.41, 5.74) is 2.70. The Hall–Kier alpha value is -3.52. The van der Waals surface area contributed by atoms with Gasteiger partial charge in [0.05, 0.1) is 23.5 Å². The lowest BCUT2D eigenvalue weighted by Gasteiger charge is -2.05. The summed E-state index contributed by atoms with van der Waals surface area (Å²) in [5, 5.41) is 13.5. The van der Waals surface area contributed by atoms with E-state index in [1.165, 1.54) is 6.20 Å². The van der Waals surface area contributed by atoms with Crippen LogP contribution in [0.25, 0.3) is 22.5 Å². The van der Waals surface area contributed by atoms with Gasteiger partial charge >= 0.3 is 5.69 Å². The molecule has 2 N–H and O–H groups in total. The van der Waals surface area contributed by atoms with Gasteiger partial charge in [-0.2, -0.15) is 10.2 Å². The fourth-order valence-corrected chi connectivity index (χ4v) is 2.94. The zero-order valence-corrected chi connectivity index (χ0v) is 15.6. The number of benzene rings is 1. The van der Waals surface area contributed by atoms with Crippen LogP contribution >= 0.6 is 11.6 Å². The van der Waals surface area contributed by atoms with Gasteiger partial charge < -0.3 is 4.98 Å². The van der Waals surface area contributed by atoms with E-state index in [0.29, 0.717) is 28.6 Å². The van der Waals surface area contributed by atoms with Crippen LogP contribution in [0.1, 0.15) is 11.3 Å². The third-order valence-electron chi connectivity index (χ3n) is 4.25. The van der Waals surface area contributed by atoms with Gasteiger partial charge in [-0.15, -0.1) is 5.10 Å². The van der Waals surface area contributed by atoms with Gasteiger partial charge in [-0.1, -0.05) is 23.7 Å². The van der Waals surface area contributed by atoms with Crippen LogP contribution < -0.4 is 11.2 Å². The minimum Gasteiger partial charge on any atom is -0.313 e. The minimum absolute atomic E-state index is 0.231. The van der Waals surface area contributed by atoms with Gasteiger partial charge in [-0.05, 0) is 36.8 Å². The number of aryl methyl sites for hydroxylation is 1. The zero-order valence-electron chi connectivity index (χ0n) is 14.8. The second-order valence-electron chi connectivity index (χ2n) is 6.24. The molecule has 0 fully saturated rings. The summed E-state index contributed by atoms with van der Waals surface area (Å²) in [6.07, 6.45) is 3.19. The Morgan fingerprint density at radius 1 is 1.04 bits per heavy atom. The smallest absolute Gasteiger partial charge is 0.313 e. The molecule has 0 atom stereocenters. The summed E-state index contributed by atoms with van der Waals surface area (Å²) in [7, 11) is 0. The van der Waals surface area contributed by atoms with E-state index in [1.54, 1.807) is 6.07 Å². The maximum Gasteiger partial charge on any atom is 0.325 e. The van der Waals surface area contributed by atoms with Crippen LogP contribution in [0, 0.1) is 6.92 Å². The molecule has 0 spiro atoms. The van der Waals surface area contributed by atoms with Crippen LogP contribution in [0.2, 0.25) is 5.02 Å². The Labute approximate surface area is 163 Å². The van der Waals surface area contributed by atoms with E-state index in [0.717, 1.165) is 11.1 Å². The molecule has 4 rings (SSSR count). The van der Waals surface area contributed by atoms with E-state index in [9.17, 15) is 9.59 Å². The fourth-order valence-electron chi connectivity index (χ4n) is 2.81. The molecule has 28 heavy (non-hydrogen) atoms. The molecule has 0 aliphatic carbocycles. The predicted octanol–water partition coefficient (Wildman–Crippen LogP) is 2.39. The van der Waals surface area contributed by atoms with Crippen LogP contribution in [-0.4, -0.2) is 29.9 Å². The summed E-state index contributed by atoms with van der Waals surface area (Å²) in [5.74, 6) is 0. The molecule has 0 aliphatic heterocycles. The van der Waals surface area contributed by atoms with Crippen molar-refractivity contribution in [3.63, 3.8) is 0 Å². The third-order valence-corrected chi connectivity index (χ3v) is 4.50. The SMILES string of the molecule is Cc1nnc(-c2c[nH]c(=O)[nH]c2=O)cc1-c1ccn(Cc2ccc(Cl)cc2)n1. The average molecular weight is 395 g/mol. The fraction of sp³-hybridized carbons (Fsp3) is 0.105. The lowest BCUT2D eigenvalue weighted by atomic mass is 10.1. The van der Waals surface area contributed by atoms with Crippen LogP contribution in [-0.2, 0) is 6.54 Å². The molecule has 9 heteroatoms. The van der Waals surface area contributed by atoms with Crippen molar-refractivity contribution in [1.29, 1.82) is 0 Å². The molecule has 0 saturated heterocycles. The first-order chi connectivity index (χ1) is 13.5. The molecular weight excluding hydrogens is 380 g/mol. The summed E-state index contributed by atoms with van der Waals surface area (Å²) in [6, 6.07) is 11.2. The van der Waals surface area contributed by atoms with Crippen molar-refractivity contribution in [2.24, 2.45) is 0 Å². The van der Waals surface area contributed by atoms with Gasteiger partial charge in [-0.25, -0.2) is 4.79 Å². The molecule has 3 heterocycles. The van der Waals surface area contributed by atoms with Crippen molar-refractivity contribution >= 4 is 11.6 Å². The number of nitrogens with zero attached hydrogens (tertiary/aromatic N) is 4. The molecule has 0 saturated carbocycles. The van der Waals surface area contributed by atoms with Gasteiger partial charge in [0.25, 0.3) is 5.56 Å². The number of H-pyrrole nitrogens is 2. The molecule has 4 aromatic rings. The number of hydrogen-bond donors (Lipinski definition) is 2. The second kappa shape index (κ2) is 7.24. The summed E-state index contributed by atoms with van der Waals surface area (Å²) < 4.78 is 1.81. The molecule has 1 aromatic carbocycles. The van der Waals surface area contributed by atoms with Gasteiger partial charge in [0.2, 0.25) is 0 Å². The molecule has 0 radical (unpaired) electrons. The monoisotopic (exact) mass is 394 g/mol. The highest BCUT2D eigenvalue weighted by Gasteiger charge is 2.13. The number of aromatic nitrogens is 6. The van der Waals surface area contributed by atoms with E-state index in [-0.39, 0.29) is 5.56 Å². The van der Waals surface area contributed by atoms with Crippen LogP contribution in [0.4, 0.5) is 0 Å². The average Bonchev–Trinajstić information content (AvgIpc) is 3.13. The van der Waals surface area contributed by atoms with Gasteiger partial charge in [0.1, 0.15) is 5.69 Å². The first-order valence-corrected chi connectivity index (χ1v) is 8.82. The van der Waals surface area contributed by atoms with Crippen LogP contribution in [0.15, 0.2) is 58.4 Å². The van der Waals surface area contributed by atoms with Crippen molar-refractivity contribution in [2.75, 3.05) is 0 Å². The van der Waals surface area contributed by atoms with Gasteiger partial charge in [0, 0.05) is 23.0 Å². The largest absolute Gasteiger partial charge is 0.325 e. The van der Waals surface area contributed by atoms with E-state index in [1.807, 2.05) is 48.1 Å². The Morgan fingerprint density at radius 3 is 2.57 bits per heavy atom. The van der Waals surface area contributed by atoms with E-state index in [2.05, 4.69) is 25.3 Å². The van der Waals surface area contributed by atoms with Crippen LogP contribution in [0.3, 0.4) is 0 Å². The Balaban J connectivity index is 1.68. The number of nitrogens with one attached hydrogen (secondary N) is 2. The molecule has 0 bridgehead atoms. The molecule has 0 amide bonds. The van der Waals surface area contributed by atoms with Crippen molar-refractivity contribution < 1.29 is 0 Å². The molecule has 3 aromatic heterocycles. The van der Waals surface area contributed by atoms with Crippen molar-refractivity contribution in [1.82, 2.24) is 29.9 Å². The Kier molecular flexibility index (Phi) is 4.62. The summed E-state index contributed by atoms with van der Waals surface area (Å²) in [4.78, 5) is 27.9. The van der Waals surface area contributed by atoms with Crippen molar-refractivity contribution in [2.45, 2.75) is 13.5 Å². The highest BCUT2D eigenvalue weighted by atomic mass is 35.5. The maximum atomic E-state index is 12.0. The van der Waals surface area contributed by atoms with E-state index >= 15 is 0 Å². The second-order valence-corrected chi connectivity index (χ2v) is 6.68. The number of aromatic amines is 2. The minimum atomic E-state index is -0.574. The molecule has 140 valence electrons. The van der Waals surface area contributed by atoms with E-state index < -0.39 is 11.2 Å². The van der Waals surface area contributed by atoms with Gasteiger partial charge in [-0.3, -0.25) is 14.5 Å². The summed E-state index contributed by atoms with van der Waals surface area (Å²) >= 11 is 5.92.